The SMILES string of the molecule is COCC(C)OCC(O)CSC(N)=NN. The summed E-state index contributed by atoms with van der Waals surface area (Å²) in [5.41, 5.74) is 5.34. The Labute approximate surface area is 94.0 Å². The predicted molar refractivity (Wildman–Crippen MR) is 61.6 cm³/mol. The first-order chi connectivity index (χ1) is 7.10. The fourth-order valence-corrected chi connectivity index (χ4v) is 1.36. The average Bonchev–Trinajstić information content (AvgIpc) is 2.23. The highest BCUT2D eigenvalue weighted by Gasteiger charge is 2.09. The highest BCUT2D eigenvalue weighted by atomic mass is 32.2. The summed E-state index contributed by atoms with van der Waals surface area (Å²) in [6, 6.07) is 0. The van der Waals surface area contributed by atoms with Crippen molar-refractivity contribution in [3.8, 4) is 0 Å². The van der Waals surface area contributed by atoms with E-state index in [1.807, 2.05) is 6.92 Å². The fraction of sp³-hybridized carbons (Fsp3) is 0.875. The van der Waals surface area contributed by atoms with Gasteiger partial charge in [-0.2, -0.15) is 5.10 Å². The van der Waals surface area contributed by atoms with Crippen LogP contribution in [0.25, 0.3) is 0 Å². The lowest BCUT2D eigenvalue weighted by atomic mass is 10.4. The molecular weight excluding hydrogens is 218 g/mol. The van der Waals surface area contributed by atoms with Crippen LogP contribution in [-0.4, -0.2) is 48.6 Å². The van der Waals surface area contributed by atoms with Gasteiger partial charge in [-0.05, 0) is 6.92 Å². The molecule has 90 valence electrons. The van der Waals surface area contributed by atoms with Crippen molar-refractivity contribution in [2.45, 2.75) is 19.1 Å². The van der Waals surface area contributed by atoms with Gasteiger partial charge in [0.2, 0.25) is 0 Å². The van der Waals surface area contributed by atoms with Gasteiger partial charge in [-0.15, -0.1) is 0 Å². The van der Waals surface area contributed by atoms with Crippen LogP contribution >= 0.6 is 11.8 Å². The Morgan fingerprint density at radius 2 is 2.20 bits per heavy atom. The van der Waals surface area contributed by atoms with Crippen molar-refractivity contribution in [2.75, 3.05) is 26.1 Å². The van der Waals surface area contributed by atoms with Crippen molar-refractivity contribution in [1.29, 1.82) is 0 Å². The summed E-state index contributed by atoms with van der Waals surface area (Å²) < 4.78 is 10.2. The number of nitrogens with two attached hydrogens (primary N) is 2. The zero-order chi connectivity index (χ0) is 11.7. The summed E-state index contributed by atoms with van der Waals surface area (Å²) in [7, 11) is 1.60. The number of aliphatic hydroxyl groups excluding tert-OH is 1. The van der Waals surface area contributed by atoms with E-state index in [9.17, 15) is 5.11 Å². The molecule has 0 heterocycles. The second-order valence-corrected chi connectivity index (χ2v) is 4.07. The van der Waals surface area contributed by atoms with Gasteiger partial charge in [0.15, 0.2) is 5.17 Å². The Morgan fingerprint density at radius 3 is 2.73 bits per heavy atom. The molecule has 0 amide bonds. The largest absolute Gasteiger partial charge is 0.390 e. The molecule has 0 fully saturated rings. The van der Waals surface area contributed by atoms with Crippen molar-refractivity contribution in [1.82, 2.24) is 0 Å². The molecule has 0 spiro atoms. The molecule has 0 aromatic carbocycles. The van der Waals surface area contributed by atoms with Gasteiger partial charge in [0.05, 0.1) is 25.4 Å². The number of nitrogens with zero attached hydrogens (tertiary/aromatic N) is 1. The normalized spacial score (nSPS) is 16.3. The van der Waals surface area contributed by atoms with E-state index in [4.69, 9.17) is 21.1 Å². The Hall–Kier alpha value is -0.500. The van der Waals surface area contributed by atoms with Crippen LogP contribution in [-0.2, 0) is 9.47 Å². The molecule has 0 bridgehead atoms. The van der Waals surface area contributed by atoms with Crippen LogP contribution in [0.4, 0.5) is 0 Å². The molecule has 6 nitrogen and oxygen atoms in total. The molecule has 0 aliphatic rings. The molecule has 0 aromatic rings. The van der Waals surface area contributed by atoms with Gasteiger partial charge < -0.3 is 26.2 Å². The smallest absolute Gasteiger partial charge is 0.177 e. The Kier molecular flexibility index (Phi) is 8.49. The van der Waals surface area contributed by atoms with Crippen molar-refractivity contribution < 1.29 is 14.6 Å². The molecule has 2 unspecified atom stereocenters. The van der Waals surface area contributed by atoms with E-state index >= 15 is 0 Å². The van der Waals surface area contributed by atoms with Gasteiger partial charge in [0.1, 0.15) is 0 Å². The number of ether oxygens (including phenoxy) is 2. The molecular formula is C8H19N3O3S. The minimum atomic E-state index is -0.588. The lowest BCUT2D eigenvalue weighted by molar-refractivity contribution is -0.0256. The van der Waals surface area contributed by atoms with E-state index in [0.29, 0.717) is 12.4 Å². The summed E-state index contributed by atoms with van der Waals surface area (Å²) in [5, 5.41) is 13.0. The number of amidine groups is 1. The van der Waals surface area contributed by atoms with E-state index in [2.05, 4.69) is 5.10 Å². The number of methoxy groups -OCH3 is 1. The first-order valence-electron chi connectivity index (χ1n) is 4.54. The number of hydrogen-bond acceptors (Lipinski definition) is 6. The van der Waals surface area contributed by atoms with Crippen molar-refractivity contribution in [3.05, 3.63) is 0 Å². The fourth-order valence-electron chi connectivity index (χ4n) is 0.825. The van der Waals surface area contributed by atoms with Crippen LogP contribution in [0.5, 0.6) is 0 Å². The quantitative estimate of drug-likeness (QED) is 0.235. The number of aliphatic hydroxyl groups is 1. The zero-order valence-electron chi connectivity index (χ0n) is 9.05. The summed E-state index contributed by atoms with van der Waals surface area (Å²) in [5.74, 6) is 5.34. The third kappa shape index (κ3) is 8.49. The third-order valence-corrected chi connectivity index (χ3v) is 2.48. The first-order valence-corrected chi connectivity index (χ1v) is 5.53. The molecule has 7 heteroatoms. The molecule has 15 heavy (non-hydrogen) atoms. The Balaban J connectivity index is 3.52. The van der Waals surface area contributed by atoms with Crippen LogP contribution in [0.1, 0.15) is 6.92 Å². The molecule has 0 aromatic heterocycles. The van der Waals surface area contributed by atoms with Crippen LogP contribution in [0, 0.1) is 0 Å². The molecule has 0 saturated heterocycles. The van der Waals surface area contributed by atoms with Crippen LogP contribution in [0.3, 0.4) is 0 Å². The highest BCUT2D eigenvalue weighted by Crippen LogP contribution is 2.03. The van der Waals surface area contributed by atoms with E-state index in [1.165, 1.54) is 11.8 Å². The number of thioether (sulfide) groups is 1. The van der Waals surface area contributed by atoms with Gasteiger partial charge >= 0.3 is 0 Å². The van der Waals surface area contributed by atoms with E-state index in [1.54, 1.807) is 7.11 Å². The first kappa shape index (κ1) is 14.5. The summed E-state index contributed by atoms with van der Waals surface area (Å²) in [6.07, 6.45) is -0.621. The van der Waals surface area contributed by atoms with Crippen LogP contribution in [0.2, 0.25) is 0 Å². The molecule has 0 aliphatic carbocycles. The maximum absolute atomic E-state index is 9.47. The van der Waals surface area contributed by atoms with Gasteiger partial charge in [-0.3, -0.25) is 0 Å². The van der Waals surface area contributed by atoms with Gasteiger partial charge in [0.25, 0.3) is 0 Å². The van der Waals surface area contributed by atoms with E-state index in [-0.39, 0.29) is 17.9 Å². The number of hydrazone groups is 1. The Morgan fingerprint density at radius 1 is 1.53 bits per heavy atom. The third-order valence-electron chi connectivity index (χ3n) is 1.53. The zero-order valence-corrected chi connectivity index (χ0v) is 9.87. The van der Waals surface area contributed by atoms with Crippen LogP contribution in [0.15, 0.2) is 5.10 Å². The molecule has 0 saturated carbocycles. The minimum absolute atomic E-state index is 0.0322. The monoisotopic (exact) mass is 237 g/mol. The second kappa shape index (κ2) is 8.78. The standard InChI is InChI=1S/C8H19N3O3S/c1-6(3-13-2)14-4-7(12)5-15-8(9)11-10/h6-7,12H,3-5,10H2,1-2H3,(H2,9,11). The summed E-state index contributed by atoms with van der Waals surface area (Å²) >= 11 is 1.19. The topological polar surface area (TPSA) is 103 Å². The lowest BCUT2D eigenvalue weighted by Gasteiger charge is -2.15. The van der Waals surface area contributed by atoms with Crippen molar-refractivity contribution in [2.24, 2.45) is 16.7 Å². The predicted octanol–water partition coefficient (Wildman–Crippen LogP) is -0.680. The van der Waals surface area contributed by atoms with Crippen LogP contribution < -0.4 is 11.6 Å². The average molecular weight is 237 g/mol. The summed E-state index contributed by atoms with van der Waals surface area (Å²) in [6.45, 7) is 2.63. The van der Waals surface area contributed by atoms with Crippen molar-refractivity contribution in [3.63, 3.8) is 0 Å². The molecule has 5 N–H and O–H groups in total. The molecule has 0 radical (unpaired) electrons. The molecule has 0 rings (SSSR count). The summed E-state index contributed by atoms with van der Waals surface area (Å²) in [4.78, 5) is 0. The van der Waals surface area contributed by atoms with E-state index in [0.717, 1.165) is 0 Å². The molecule has 2 atom stereocenters. The maximum Gasteiger partial charge on any atom is 0.177 e. The number of rotatable bonds is 7. The second-order valence-electron chi connectivity index (χ2n) is 3.03. The van der Waals surface area contributed by atoms with Gasteiger partial charge in [-0.1, -0.05) is 11.8 Å². The van der Waals surface area contributed by atoms with E-state index < -0.39 is 6.10 Å². The molecule has 0 aliphatic heterocycles. The Bertz CT molecular complexity index is 192. The minimum Gasteiger partial charge on any atom is -0.390 e. The van der Waals surface area contributed by atoms with Crippen molar-refractivity contribution >= 4 is 16.9 Å². The lowest BCUT2D eigenvalue weighted by Crippen LogP contribution is -2.25. The van der Waals surface area contributed by atoms with Gasteiger partial charge in [0, 0.05) is 12.9 Å². The maximum atomic E-state index is 9.47. The number of hydrogen-bond donors (Lipinski definition) is 3. The van der Waals surface area contributed by atoms with Gasteiger partial charge in [-0.25, -0.2) is 0 Å². The highest BCUT2D eigenvalue weighted by molar-refractivity contribution is 8.13.